The highest BCUT2D eigenvalue weighted by atomic mass is 32.2. The maximum Gasteiger partial charge on any atom is 0.310 e. The molecule has 0 amide bonds. The van der Waals surface area contributed by atoms with Gasteiger partial charge >= 0.3 is 5.97 Å². The predicted molar refractivity (Wildman–Crippen MR) is 94.8 cm³/mol. The minimum absolute atomic E-state index is 0.158. The highest BCUT2D eigenvalue weighted by Crippen LogP contribution is 2.26. The van der Waals surface area contributed by atoms with Crippen LogP contribution in [0.3, 0.4) is 0 Å². The zero-order chi connectivity index (χ0) is 18.7. The Kier molecular flexibility index (Phi) is 5.43. The molecule has 1 aromatic carbocycles. The lowest BCUT2D eigenvalue weighted by molar-refractivity contribution is -0.149. The third-order valence-corrected chi connectivity index (χ3v) is 6.29. The van der Waals surface area contributed by atoms with E-state index in [9.17, 15) is 13.2 Å². The molecule has 1 aliphatic heterocycles. The zero-order valence-corrected chi connectivity index (χ0v) is 15.7. The van der Waals surface area contributed by atoms with Crippen molar-refractivity contribution in [1.29, 1.82) is 0 Å². The molecule has 0 spiro atoms. The summed E-state index contributed by atoms with van der Waals surface area (Å²) in [4.78, 5) is 16.4. The van der Waals surface area contributed by atoms with Gasteiger partial charge in [-0.15, -0.1) is 0 Å². The number of rotatable bonds is 5. The molecule has 1 aliphatic rings. The lowest BCUT2D eigenvalue weighted by atomic mass is 10.0. The molecule has 0 radical (unpaired) electrons. The van der Waals surface area contributed by atoms with Crippen LogP contribution in [0.25, 0.3) is 11.3 Å². The molecule has 2 heterocycles. The van der Waals surface area contributed by atoms with Gasteiger partial charge in [-0.05, 0) is 31.9 Å². The number of hydrogen-bond acceptors (Lipinski definition) is 6. The minimum Gasteiger partial charge on any atom is -0.466 e. The number of aryl methyl sites for hydroxylation is 1. The summed E-state index contributed by atoms with van der Waals surface area (Å²) in [6.45, 7) is 4.35. The lowest BCUT2D eigenvalue weighted by Gasteiger charge is -2.30. The van der Waals surface area contributed by atoms with Crippen LogP contribution in [0.4, 0.5) is 0 Å². The Bertz CT molecular complexity index is 873. The molecule has 0 saturated carbocycles. The molecule has 1 saturated heterocycles. The third-order valence-electron chi connectivity index (χ3n) is 4.41. The van der Waals surface area contributed by atoms with E-state index in [1.54, 1.807) is 38.1 Å². The second kappa shape index (κ2) is 7.59. The fourth-order valence-corrected chi connectivity index (χ4v) is 4.58. The van der Waals surface area contributed by atoms with E-state index in [0.29, 0.717) is 37.6 Å². The molecule has 7 nitrogen and oxygen atoms in total. The Morgan fingerprint density at radius 1 is 1.35 bits per heavy atom. The average molecular weight is 378 g/mol. The van der Waals surface area contributed by atoms with E-state index < -0.39 is 15.9 Å². The SMILES string of the molecule is CCOC(=O)[C@@H]1CCCN(S(=O)(=O)c2ccc(-c3coc(C)n3)cc2)C1. The summed E-state index contributed by atoms with van der Waals surface area (Å²) in [5.41, 5.74) is 1.44. The maximum absolute atomic E-state index is 12.9. The fourth-order valence-electron chi connectivity index (χ4n) is 3.06. The summed E-state index contributed by atoms with van der Waals surface area (Å²) in [5.74, 6) is -0.185. The van der Waals surface area contributed by atoms with Crippen LogP contribution in [0.5, 0.6) is 0 Å². The molecular formula is C18H22N2O5S. The molecular weight excluding hydrogens is 356 g/mol. The molecule has 0 N–H and O–H groups in total. The van der Waals surface area contributed by atoms with Crippen molar-refractivity contribution in [3.63, 3.8) is 0 Å². The first kappa shape index (κ1) is 18.6. The highest BCUT2D eigenvalue weighted by molar-refractivity contribution is 7.89. The summed E-state index contributed by atoms with van der Waals surface area (Å²) in [7, 11) is -3.66. The third kappa shape index (κ3) is 3.81. The number of nitrogens with zero attached hydrogens (tertiary/aromatic N) is 2. The number of sulfonamides is 1. The Balaban J connectivity index is 1.78. The van der Waals surface area contributed by atoms with Crippen molar-refractivity contribution in [3.8, 4) is 11.3 Å². The van der Waals surface area contributed by atoms with Crippen molar-refractivity contribution in [2.24, 2.45) is 5.92 Å². The van der Waals surface area contributed by atoms with Gasteiger partial charge in [-0.2, -0.15) is 4.31 Å². The van der Waals surface area contributed by atoms with E-state index >= 15 is 0 Å². The van der Waals surface area contributed by atoms with Gasteiger partial charge in [0.15, 0.2) is 5.89 Å². The number of hydrogen-bond donors (Lipinski definition) is 0. The number of oxazole rings is 1. The molecule has 0 aliphatic carbocycles. The van der Waals surface area contributed by atoms with E-state index in [2.05, 4.69) is 4.98 Å². The normalized spacial score (nSPS) is 18.6. The first-order valence-electron chi connectivity index (χ1n) is 8.61. The minimum atomic E-state index is -3.66. The highest BCUT2D eigenvalue weighted by Gasteiger charge is 2.33. The number of benzene rings is 1. The quantitative estimate of drug-likeness (QED) is 0.743. The summed E-state index contributed by atoms with van der Waals surface area (Å²) >= 11 is 0. The number of ether oxygens (including phenoxy) is 1. The van der Waals surface area contributed by atoms with Crippen LogP contribution in [0.2, 0.25) is 0 Å². The van der Waals surface area contributed by atoms with Crippen LogP contribution < -0.4 is 0 Å². The molecule has 140 valence electrons. The van der Waals surface area contributed by atoms with E-state index in [4.69, 9.17) is 9.15 Å². The molecule has 26 heavy (non-hydrogen) atoms. The number of piperidine rings is 1. The lowest BCUT2D eigenvalue weighted by Crippen LogP contribution is -2.42. The van der Waals surface area contributed by atoms with Gasteiger partial charge in [-0.1, -0.05) is 12.1 Å². The first-order chi connectivity index (χ1) is 12.4. The van der Waals surface area contributed by atoms with Crippen LogP contribution in [-0.4, -0.2) is 43.4 Å². The average Bonchev–Trinajstić information content (AvgIpc) is 3.08. The van der Waals surface area contributed by atoms with Crippen LogP contribution in [0, 0.1) is 12.8 Å². The van der Waals surface area contributed by atoms with Crippen LogP contribution in [0.1, 0.15) is 25.7 Å². The summed E-state index contributed by atoms with van der Waals surface area (Å²) in [5, 5.41) is 0. The number of aromatic nitrogens is 1. The van der Waals surface area contributed by atoms with Crippen molar-refractivity contribution in [2.45, 2.75) is 31.6 Å². The molecule has 1 fully saturated rings. The van der Waals surface area contributed by atoms with Crippen molar-refractivity contribution in [1.82, 2.24) is 9.29 Å². The molecule has 1 atom stereocenters. The summed E-state index contributed by atoms with van der Waals surface area (Å²) in [6, 6.07) is 6.53. The second-order valence-corrected chi connectivity index (χ2v) is 8.17. The van der Waals surface area contributed by atoms with Crippen molar-refractivity contribution >= 4 is 16.0 Å². The van der Waals surface area contributed by atoms with Gasteiger partial charge in [0, 0.05) is 25.6 Å². The monoisotopic (exact) mass is 378 g/mol. The second-order valence-electron chi connectivity index (χ2n) is 6.23. The van der Waals surface area contributed by atoms with Gasteiger partial charge in [0.25, 0.3) is 0 Å². The van der Waals surface area contributed by atoms with Crippen LogP contribution >= 0.6 is 0 Å². The van der Waals surface area contributed by atoms with Gasteiger partial charge in [-0.25, -0.2) is 13.4 Å². The van der Waals surface area contributed by atoms with Gasteiger partial charge in [0.1, 0.15) is 12.0 Å². The van der Waals surface area contributed by atoms with E-state index in [1.165, 1.54) is 10.6 Å². The van der Waals surface area contributed by atoms with Crippen LogP contribution in [0.15, 0.2) is 39.8 Å². The van der Waals surface area contributed by atoms with Gasteiger partial charge in [0.2, 0.25) is 10.0 Å². The Hall–Kier alpha value is -2.19. The largest absolute Gasteiger partial charge is 0.466 e. The molecule has 2 aromatic rings. The van der Waals surface area contributed by atoms with Gasteiger partial charge < -0.3 is 9.15 Å². The topological polar surface area (TPSA) is 89.7 Å². The molecule has 0 unspecified atom stereocenters. The smallest absolute Gasteiger partial charge is 0.310 e. The number of carbonyl (C=O) groups excluding carboxylic acids is 1. The summed E-state index contributed by atoms with van der Waals surface area (Å²) < 4.78 is 37.4. The molecule has 1 aromatic heterocycles. The summed E-state index contributed by atoms with van der Waals surface area (Å²) in [6.07, 6.45) is 2.82. The van der Waals surface area contributed by atoms with Crippen molar-refractivity contribution in [2.75, 3.05) is 19.7 Å². The molecule has 3 rings (SSSR count). The van der Waals surface area contributed by atoms with E-state index in [0.717, 1.165) is 5.56 Å². The standard InChI is InChI=1S/C18H22N2O5S/c1-3-24-18(21)15-5-4-10-20(11-15)26(22,23)16-8-6-14(7-9-16)17-12-25-13(2)19-17/h6-9,12,15H,3-5,10-11H2,1-2H3/t15-/m1/s1. The Morgan fingerprint density at radius 2 is 2.08 bits per heavy atom. The van der Waals surface area contributed by atoms with Gasteiger partial charge in [0.05, 0.1) is 17.4 Å². The predicted octanol–water partition coefficient (Wildman–Crippen LogP) is 2.61. The van der Waals surface area contributed by atoms with Gasteiger partial charge in [-0.3, -0.25) is 4.79 Å². The maximum atomic E-state index is 12.9. The first-order valence-corrected chi connectivity index (χ1v) is 10.0. The van der Waals surface area contributed by atoms with E-state index in [-0.39, 0.29) is 17.4 Å². The van der Waals surface area contributed by atoms with Crippen molar-refractivity contribution in [3.05, 3.63) is 36.4 Å². The Morgan fingerprint density at radius 3 is 2.69 bits per heavy atom. The molecule has 0 bridgehead atoms. The van der Waals surface area contributed by atoms with E-state index in [1.807, 2.05) is 0 Å². The van der Waals surface area contributed by atoms with Crippen LogP contribution in [-0.2, 0) is 19.6 Å². The zero-order valence-electron chi connectivity index (χ0n) is 14.8. The number of esters is 1. The molecule has 8 heteroatoms. The van der Waals surface area contributed by atoms with Crippen molar-refractivity contribution < 1.29 is 22.4 Å². The number of carbonyl (C=O) groups is 1. The fraction of sp³-hybridized carbons (Fsp3) is 0.444. The Labute approximate surface area is 153 Å².